The van der Waals surface area contributed by atoms with Crippen molar-refractivity contribution in [3.8, 4) is 0 Å². The third-order valence-corrected chi connectivity index (χ3v) is 4.83. The minimum absolute atomic E-state index is 0. The normalized spacial score (nSPS) is 10.9. The third kappa shape index (κ3) is 8.08. The minimum Gasteiger partial charge on any atom is -0.423 e. The second-order valence-electron chi connectivity index (χ2n) is 7.09. The lowest BCUT2D eigenvalue weighted by Crippen LogP contribution is -2.34. The summed E-state index contributed by atoms with van der Waals surface area (Å²) in [6.07, 6.45) is 11.9. The lowest BCUT2D eigenvalue weighted by Gasteiger charge is -2.18. The molecule has 0 spiro atoms. The Hall–Kier alpha value is -1.30. The molecule has 0 fully saturated rings. The van der Waals surface area contributed by atoms with E-state index in [2.05, 4.69) is 24.0 Å². The molecule has 6 heteroatoms. The zero-order valence-electron chi connectivity index (χ0n) is 16.8. The number of hydrogen-bond donors (Lipinski definition) is 2. The predicted molar refractivity (Wildman–Crippen MR) is 118 cm³/mol. The van der Waals surface area contributed by atoms with Crippen molar-refractivity contribution in [1.29, 1.82) is 0 Å². The van der Waals surface area contributed by atoms with Crippen LogP contribution in [0.25, 0.3) is 11.1 Å². The second-order valence-corrected chi connectivity index (χ2v) is 7.09. The molecule has 2 rings (SSSR count). The van der Waals surface area contributed by atoms with Gasteiger partial charge in [-0.3, -0.25) is 0 Å². The summed E-state index contributed by atoms with van der Waals surface area (Å²) in [5.74, 6) is 0. The number of aryl methyl sites for hydroxylation is 1. The molecule has 0 aliphatic carbocycles. The molecular weight excluding hydrogens is 360 g/mol. The number of anilines is 1. The third-order valence-electron chi connectivity index (χ3n) is 4.83. The fourth-order valence-electron chi connectivity index (χ4n) is 3.33. The highest BCUT2D eigenvalue weighted by Gasteiger charge is 2.13. The van der Waals surface area contributed by atoms with E-state index in [1.807, 2.05) is 11.0 Å². The van der Waals surface area contributed by atoms with Crippen molar-refractivity contribution in [2.75, 3.05) is 31.1 Å². The molecule has 0 unspecified atom stereocenters. The first-order valence-electron chi connectivity index (χ1n) is 10.3. The summed E-state index contributed by atoms with van der Waals surface area (Å²) in [6, 6.07) is 6.98. The van der Waals surface area contributed by atoms with Crippen molar-refractivity contribution >= 4 is 29.5 Å². The van der Waals surface area contributed by atoms with Gasteiger partial charge in [0.25, 0.3) is 6.01 Å². The first kappa shape index (κ1) is 23.7. The van der Waals surface area contributed by atoms with E-state index < -0.39 is 0 Å². The average molecular weight is 397 g/mol. The van der Waals surface area contributed by atoms with Gasteiger partial charge in [-0.1, -0.05) is 57.9 Å². The molecule has 0 amide bonds. The van der Waals surface area contributed by atoms with Crippen LogP contribution in [0, 0.1) is 0 Å². The van der Waals surface area contributed by atoms with Gasteiger partial charge in [-0.2, -0.15) is 4.98 Å². The topological polar surface area (TPSA) is 81.3 Å². The van der Waals surface area contributed by atoms with Crippen LogP contribution in [-0.4, -0.2) is 31.2 Å². The summed E-state index contributed by atoms with van der Waals surface area (Å²) in [7, 11) is 0. The van der Waals surface area contributed by atoms with Crippen molar-refractivity contribution in [2.45, 2.75) is 64.7 Å². The van der Waals surface area contributed by atoms with Gasteiger partial charge in [0.15, 0.2) is 5.58 Å². The average Bonchev–Trinajstić information content (AvgIpc) is 3.07. The van der Waals surface area contributed by atoms with Crippen molar-refractivity contribution in [1.82, 2.24) is 4.98 Å². The Morgan fingerprint density at radius 1 is 0.926 bits per heavy atom. The molecular formula is C21H37ClN4O. The molecule has 154 valence electrons. The van der Waals surface area contributed by atoms with E-state index in [1.54, 1.807) is 0 Å². The zero-order valence-corrected chi connectivity index (χ0v) is 17.6. The first-order valence-corrected chi connectivity index (χ1v) is 10.3. The number of oxazole rings is 1. The van der Waals surface area contributed by atoms with E-state index in [-0.39, 0.29) is 12.4 Å². The van der Waals surface area contributed by atoms with Crippen molar-refractivity contribution < 1.29 is 4.42 Å². The lowest BCUT2D eigenvalue weighted by atomic mass is 10.0. The molecule has 0 aliphatic rings. The summed E-state index contributed by atoms with van der Waals surface area (Å²) in [4.78, 5) is 6.66. The van der Waals surface area contributed by atoms with Crippen LogP contribution in [0.2, 0.25) is 0 Å². The molecule has 0 aliphatic heterocycles. The van der Waals surface area contributed by atoms with Crippen LogP contribution in [0.3, 0.4) is 0 Å². The Morgan fingerprint density at radius 3 is 2.19 bits per heavy atom. The van der Waals surface area contributed by atoms with Crippen LogP contribution < -0.4 is 16.4 Å². The number of unbranched alkanes of at least 4 members (excludes halogenated alkanes) is 7. The maximum absolute atomic E-state index is 5.88. The maximum atomic E-state index is 5.88. The Kier molecular flexibility index (Phi) is 12.1. The number of fused-ring (bicyclic) bond motifs is 1. The van der Waals surface area contributed by atoms with E-state index in [1.165, 1.54) is 56.9 Å². The summed E-state index contributed by atoms with van der Waals surface area (Å²) < 4.78 is 5.88. The van der Waals surface area contributed by atoms with Gasteiger partial charge < -0.3 is 20.8 Å². The Bertz CT molecular complexity index is 626. The highest BCUT2D eigenvalue weighted by molar-refractivity contribution is 5.85. The number of nitrogens with zero attached hydrogens (tertiary/aromatic N) is 2. The van der Waals surface area contributed by atoms with Gasteiger partial charge in [0, 0.05) is 26.2 Å². The number of hydrogen-bond acceptors (Lipinski definition) is 5. The SMILES string of the molecule is CCCCCCCCCCc1ccc2oc(N(CCN)CCN)nc2c1.Cl. The van der Waals surface area contributed by atoms with E-state index >= 15 is 0 Å². The van der Waals surface area contributed by atoms with Gasteiger partial charge in [0.2, 0.25) is 0 Å². The smallest absolute Gasteiger partial charge is 0.298 e. The van der Waals surface area contributed by atoms with Crippen LogP contribution in [0.4, 0.5) is 6.01 Å². The number of aromatic nitrogens is 1. The molecule has 27 heavy (non-hydrogen) atoms. The van der Waals surface area contributed by atoms with Crippen LogP contribution in [-0.2, 0) is 6.42 Å². The number of nitrogens with two attached hydrogens (primary N) is 2. The molecule has 1 aromatic heterocycles. The van der Waals surface area contributed by atoms with Gasteiger partial charge in [-0.15, -0.1) is 12.4 Å². The molecule has 5 nitrogen and oxygen atoms in total. The van der Waals surface area contributed by atoms with Crippen LogP contribution in [0.5, 0.6) is 0 Å². The first-order chi connectivity index (χ1) is 12.8. The van der Waals surface area contributed by atoms with E-state index in [4.69, 9.17) is 15.9 Å². The van der Waals surface area contributed by atoms with Crippen molar-refractivity contribution in [3.63, 3.8) is 0 Å². The summed E-state index contributed by atoms with van der Waals surface area (Å²) in [6.45, 7) is 4.79. The highest BCUT2D eigenvalue weighted by Crippen LogP contribution is 2.23. The van der Waals surface area contributed by atoms with Crippen molar-refractivity contribution in [2.24, 2.45) is 11.5 Å². The molecule has 1 aromatic carbocycles. The quantitative estimate of drug-likeness (QED) is 0.454. The van der Waals surface area contributed by atoms with E-state index in [0.29, 0.717) is 32.2 Å². The van der Waals surface area contributed by atoms with Crippen LogP contribution in [0.15, 0.2) is 22.6 Å². The molecule has 1 heterocycles. The monoisotopic (exact) mass is 396 g/mol. The fraction of sp³-hybridized carbons (Fsp3) is 0.667. The molecule has 0 saturated carbocycles. The Morgan fingerprint density at radius 2 is 1.56 bits per heavy atom. The molecule has 4 N–H and O–H groups in total. The van der Waals surface area contributed by atoms with Gasteiger partial charge in [-0.25, -0.2) is 0 Å². The van der Waals surface area contributed by atoms with Crippen molar-refractivity contribution in [3.05, 3.63) is 23.8 Å². The van der Waals surface area contributed by atoms with Gasteiger partial charge in [0.05, 0.1) is 0 Å². The van der Waals surface area contributed by atoms with E-state index in [9.17, 15) is 0 Å². The molecule has 0 atom stereocenters. The number of benzene rings is 1. The fourth-order valence-corrected chi connectivity index (χ4v) is 3.33. The summed E-state index contributed by atoms with van der Waals surface area (Å²) in [5, 5.41) is 0. The standard InChI is InChI=1S/C21H36N4O.ClH/c1-2-3-4-5-6-7-8-9-10-18-11-12-20-19(17-18)24-21(26-20)25(15-13-22)16-14-23;/h11-12,17H,2-10,13-16,22-23H2,1H3;1H. The van der Waals surface area contributed by atoms with Gasteiger partial charge in [0.1, 0.15) is 5.52 Å². The predicted octanol–water partition coefficient (Wildman–Crippen LogP) is 4.66. The lowest BCUT2D eigenvalue weighted by molar-refractivity contribution is 0.567. The van der Waals surface area contributed by atoms with E-state index in [0.717, 1.165) is 17.5 Å². The zero-order chi connectivity index (χ0) is 18.6. The second kappa shape index (κ2) is 13.8. The van der Waals surface area contributed by atoms with Gasteiger partial charge in [-0.05, 0) is 30.5 Å². The molecule has 0 saturated heterocycles. The molecule has 2 aromatic rings. The number of halogens is 1. The Balaban J connectivity index is 0.00000364. The minimum atomic E-state index is 0. The molecule has 0 bridgehead atoms. The van der Waals surface area contributed by atoms with Crippen LogP contribution >= 0.6 is 12.4 Å². The number of rotatable bonds is 14. The summed E-state index contributed by atoms with van der Waals surface area (Å²) >= 11 is 0. The van der Waals surface area contributed by atoms with Crippen LogP contribution in [0.1, 0.15) is 63.9 Å². The highest BCUT2D eigenvalue weighted by atomic mass is 35.5. The molecule has 0 radical (unpaired) electrons. The Labute approximate surface area is 170 Å². The largest absolute Gasteiger partial charge is 0.423 e. The maximum Gasteiger partial charge on any atom is 0.298 e. The summed E-state index contributed by atoms with van der Waals surface area (Å²) in [5.41, 5.74) is 14.5. The van der Waals surface area contributed by atoms with Gasteiger partial charge >= 0.3 is 0 Å².